The van der Waals surface area contributed by atoms with Crippen molar-refractivity contribution in [2.24, 2.45) is 0 Å². The zero-order valence-electron chi connectivity index (χ0n) is 10.3. The second-order valence-electron chi connectivity index (χ2n) is 4.78. The minimum atomic E-state index is 0.553. The Balaban J connectivity index is 1.86. The van der Waals surface area contributed by atoms with E-state index in [0.717, 1.165) is 24.1 Å². The summed E-state index contributed by atoms with van der Waals surface area (Å²) in [5, 5.41) is 0.666. The smallest absolute Gasteiger partial charge is 0.201 e. The number of likely N-dealkylation sites (tertiary alicyclic amines) is 1. The molecule has 1 fully saturated rings. The monoisotopic (exact) mass is 264 g/mol. The molecule has 0 saturated carbocycles. The maximum Gasteiger partial charge on any atom is 0.201 e. The number of hydrogen-bond donors (Lipinski definition) is 1. The molecule has 5 heteroatoms. The van der Waals surface area contributed by atoms with Crippen molar-refractivity contribution in [3.05, 3.63) is 23.2 Å². The molecule has 0 aliphatic carbocycles. The summed E-state index contributed by atoms with van der Waals surface area (Å²) < 4.78 is 2.06. The molecule has 1 saturated heterocycles. The average Bonchev–Trinajstić information content (AvgIpc) is 2.95. The number of hydrogen-bond acceptors (Lipinski definition) is 3. The standard InChI is InChI=1S/C13H17ClN4/c14-10-4-3-5-11-12(10)16-13(15)18(11)9-8-17-6-1-2-7-17/h3-5H,1-2,6-9H2,(H2,15,16). The third kappa shape index (κ3) is 2.06. The van der Waals surface area contributed by atoms with Crippen molar-refractivity contribution in [3.8, 4) is 0 Å². The highest BCUT2D eigenvalue weighted by atomic mass is 35.5. The number of aromatic nitrogens is 2. The molecule has 1 aliphatic rings. The molecule has 1 aromatic heterocycles. The molecular weight excluding hydrogens is 248 g/mol. The van der Waals surface area contributed by atoms with Gasteiger partial charge in [0.25, 0.3) is 0 Å². The van der Waals surface area contributed by atoms with Crippen molar-refractivity contribution in [2.45, 2.75) is 19.4 Å². The Morgan fingerprint density at radius 3 is 2.78 bits per heavy atom. The van der Waals surface area contributed by atoms with Crippen LogP contribution in [0.1, 0.15) is 12.8 Å². The van der Waals surface area contributed by atoms with Gasteiger partial charge in [0.15, 0.2) is 0 Å². The number of benzene rings is 1. The second-order valence-corrected chi connectivity index (χ2v) is 5.19. The molecule has 2 aromatic rings. The third-order valence-electron chi connectivity index (χ3n) is 3.60. The van der Waals surface area contributed by atoms with E-state index in [1.165, 1.54) is 25.9 Å². The highest BCUT2D eigenvalue weighted by Gasteiger charge is 2.14. The Kier molecular flexibility index (Phi) is 3.14. The fourth-order valence-corrected chi connectivity index (χ4v) is 2.83. The Labute approximate surface area is 111 Å². The van der Waals surface area contributed by atoms with Crippen LogP contribution in [0, 0.1) is 0 Å². The molecule has 18 heavy (non-hydrogen) atoms. The highest BCUT2D eigenvalue weighted by molar-refractivity contribution is 6.35. The number of halogens is 1. The fraction of sp³-hybridized carbons (Fsp3) is 0.462. The summed E-state index contributed by atoms with van der Waals surface area (Å²) in [6.07, 6.45) is 2.62. The van der Waals surface area contributed by atoms with Crippen LogP contribution in [-0.4, -0.2) is 34.1 Å². The first-order valence-corrected chi connectivity index (χ1v) is 6.76. The predicted molar refractivity (Wildman–Crippen MR) is 74.8 cm³/mol. The molecule has 0 radical (unpaired) electrons. The first-order chi connectivity index (χ1) is 8.75. The minimum absolute atomic E-state index is 0.553. The number of nitrogens with zero attached hydrogens (tertiary/aromatic N) is 3. The average molecular weight is 265 g/mol. The maximum atomic E-state index is 6.13. The minimum Gasteiger partial charge on any atom is -0.369 e. The summed E-state index contributed by atoms with van der Waals surface area (Å²) in [5.74, 6) is 0.553. The lowest BCUT2D eigenvalue weighted by Crippen LogP contribution is -2.24. The Bertz CT molecular complexity index is 557. The summed E-state index contributed by atoms with van der Waals surface area (Å²) in [7, 11) is 0. The molecule has 3 rings (SSSR count). The van der Waals surface area contributed by atoms with E-state index >= 15 is 0 Å². The van der Waals surface area contributed by atoms with E-state index in [0.29, 0.717) is 11.0 Å². The number of imidazole rings is 1. The molecule has 0 unspecified atom stereocenters. The Morgan fingerprint density at radius 2 is 2.00 bits per heavy atom. The van der Waals surface area contributed by atoms with Crippen LogP contribution in [-0.2, 0) is 6.54 Å². The van der Waals surface area contributed by atoms with E-state index in [1.807, 2.05) is 18.2 Å². The molecular formula is C13H17ClN4. The van der Waals surface area contributed by atoms with Crippen LogP contribution >= 0.6 is 11.6 Å². The van der Waals surface area contributed by atoms with Gasteiger partial charge in [-0.1, -0.05) is 17.7 Å². The van der Waals surface area contributed by atoms with Gasteiger partial charge in [0, 0.05) is 13.1 Å². The summed E-state index contributed by atoms with van der Waals surface area (Å²) >= 11 is 6.13. The second kappa shape index (κ2) is 4.78. The number of rotatable bonds is 3. The van der Waals surface area contributed by atoms with Crippen LogP contribution in [0.5, 0.6) is 0 Å². The summed E-state index contributed by atoms with van der Waals surface area (Å²) in [4.78, 5) is 6.82. The first kappa shape index (κ1) is 11.8. The van der Waals surface area contributed by atoms with Gasteiger partial charge in [-0.25, -0.2) is 4.98 Å². The number of anilines is 1. The topological polar surface area (TPSA) is 47.1 Å². The third-order valence-corrected chi connectivity index (χ3v) is 3.90. The lowest BCUT2D eigenvalue weighted by molar-refractivity contribution is 0.325. The largest absolute Gasteiger partial charge is 0.369 e. The maximum absolute atomic E-state index is 6.13. The summed E-state index contributed by atoms with van der Waals surface area (Å²) in [6, 6.07) is 5.81. The van der Waals surface area contributed by atoms with Crippen LogP contribution < -0.4 is 5.73 Å². The van der Waals surface area contributed by atoms with Gasteiger partial charge in [0.05, 0.1) is 10.5 Å². The molecule has 2 heterocycles. The number of nitrogens with two attached hydrogens (primary N) is 1. The highest BCUT2D eigenvalue weighted by Crippen LogP contribution is 2.25. The van der Waals surface area contributed by atoms with E-state index in [4.69, 9.17) is 17.3 Å². The van der Waals surface area contributed by atoms with Crippen LogP contribution in [0.4, 0.5) is 5.95 Å². The molecule has 1 aliphatic heterocycles. The van der Waals surface area contributed by atoms with Gasteiger partial charge in [0.2, 0.25) is 5.95 Å². The fourth-order valence-electron chi connectivity index (χ4n) is 2.61. The molecule has 0 bridgehead atoms. The number of nitrogen functional groups attached to an aromatic ring is 1. The lowest BCUT2D eigenvalue weighted by atomic mass is 10.3. The molecule has 2 N–H and O–H groups in total. The van der Waals surface area contributed by atoms with E-state index in [-0.39, 0.29) is 0 Å². The molecule has 0 atom stereocenters. The van der Waals surface area contributed by atoms with Crippen molar-refractivity contribution in [2.75, 3.05) is 25.4 Å². The van der Waals surface area contributed by atoms with Gasteiger partial charge >= 0.3 is 0 Å². The van der Waals surface area contributed by atoms with Gasteiger partial charge in [0.1, 0.15) is 5.52 Å². The van der Waals surface area contributed by atoms with Gasteiger partial charge in [-0.2, -0.15) is 0 Å². The van der Waals surface area contributed by atoms with Crippen molar-refractivity contribution in [1.82, 2.24) is 14.5 Å². The van der Waals surface area contributed by atoms with Gasteiger partial charge < -0.3 is 15.2 Å². The molecule has 96 valence electrons. The summed E-state index contributed by atoms with van der Waals surface area (Å²) in [6.45, 7) is 4.31. The number of fused-ring (bicyclic) bond motifs is 1. The quantitative estimate of drug-likeness (QED) is 0.926. The molecule has 0 amide bonds. The van der Waals surface area contributed by atoms with Crippen LogP contribution in [0.3, 0.4) is 0 Å². The van der Waals surface area contributed by atoms with Crippen molar-refractivity contribution >= 4 is 28.6 Å². The predicted octanol–water partition coefficient (Wildman–Crippen LogP) is 2.37. The normalized spacial score (nSPS) is 16.7. The zero-order chi connectivity index (χ0) is 12.5. The number of para-hydroxylation sites is 1. The van der Waals surface area contributed by atoms with E-state index in [2.05, 4.69) is 14.5 Å². The molecule has 0 spiro atoms. The summed E-state index contributed by atoms with van der Waals surface area (Å²) in [5.41, 5.74) is 7.81. The van der Waals surface area contributed by atoms with Crippen molar-refractivity contribution in [3.63, 3.8) is 0 Å². The van der Waals surface area contributed by atoms with Gasteiger partial charge in [-0.15, -0.1) is 0 Å². The Hall–Kier alpha value is -1.26. The molecule has 4 nitrogen and oxygen atoms in total. The van der Waals surface area contributed by atoms with Crippen LogP contribution in [0.25, 0.3) is 11.0 Å². The van der Waals surface area contributed by atoms with Crippen molar-refractivity contribution in [1.29, 1.82) is 0 Å². The van der Waals surface area contributed by atoms with Gasteiger partial charge in [-0.3, -0.25) is 0 Å². The Morgan fingerprint density at radius 1 is 1.22 bits per heavy atom. The first-order valence-electron chi connectivity index (χ1n) is 6.38. The van der Waals surface area contributed by atoms with Crippen LogP contribution in [0.2, 0.25) is 5.02 Å². The lowest BCUT2D eigenvalue weighted by Gasteiger charge is -2.15. The van der Waals surface area contributed by atoms with E-state index < -0.39 is 0 Å². The SMILES string of the molecule is Nc1nc2c(Cl)cccc2n1CCN1CCCC1. The molecule has 1 aromatic carbocycles. The van der Waals surface area contributed by atoms with E-state index in [9.17, 15) is 0 Å². The van der Waals surface area contributed by atoms with Crippen molar-refractivity contribution < 1.29 is 0 Å². The van der Waals surface area contributed by atoms with Crippen LogP contribution in [0.15, 0.2) is 18.2 Å². The van der Waals surface area contributed by atoms with Gasteiger partial charge in [-0.05, 0) is 38.1 Å². The zero-order valence-corrected chi connectivity index (χ0v) is 11.0. The van der Waals surface area contributed by atoms with E-state index in [1.54, 1.807) is 0 Å².